The number of nitrogens with zero attached hydrogens (tertiary/aromatic N) is 1. The predicted molar refractivity (Wildman–Crippen MR) is 74.0 cm³/mol. The van der Waals surface area contributed by atoms with Gasteiger partial charge in [-0.2, -0.15) is 0 Å². The fourth-order valence-electron chi connectivity index (χ4n) is 1.36. The first-order valence-corrected chi connectivity index (χ1v) is 6.00. The minimum atomic E-state index is -0.0356. The molecule has 0 aromatic heterocycles. The molecule has 2 N–H and O–H groups in total. The molecule has 1 aromatic carbocycles. The van der Waals surface area contributed by atoms with Crippen molar-refractivity contribution in [2.24, 2.45) is 0 Å². The van der Waals surface area contributed by atoms with Crippen LogP contribution in [0.2, 0.25) is 0 Å². The molecular weight excluding hydrogens is 228 g/mol. The van der Waals surface area contributed by atoms with E-state index in [1.165, 1.54) is 0 Å². The average molecular weight is 248 g/mol. The van der Waals surface area contributed by atoms with Gasteiger partial charge in [-0.3, -0.25) is 4.79 Å². The Morgan fingerprint density at radius 3 is 2.67 bits per heavy atom. The van der Waals surface area contributed by atoms with Gasteiger partial charge in [0.05, 0.1) is 6.61 Å². The molecule has 0 atom stereocenters. The summed E-state index contributed by atoms with van der Waals surface area (Å²) in [5.41, 5.74) is 7.26. The molecule has 1 rings (SSSR count). The summed E-state index contributed by atoms with van der Waals surface area (Å²) in [6, 6.07) is 7.37. The number of anilines is 1. The van der Waals surface area contributed by atoms with Crippen LogP contribution < -0.4 is 5.73 Å². The maximum absolute atomic E-state index is 11.7. The number of nitrogen functional groups attached to an aromatic ring is 1. The van der Waals surface area contributed by atoms with Gasteiger partial charge in [0, 0.05) is 32.0 Å². The van der Waals surface area contributed by atoms with Crippen LogP contribution in [-0.4, -0.2) is 37.6 Å². The standard InChI is InChI=1S/C14H20N2O2/c1-3-18-11-10-16(2)14(17)9-6-12-4-7-13(15)8-5-12/h4-9H,3,10-11,15H2,1-2H3/b9-6+. The Bertz CT molecular complexity index is 399. The molecule has 0 aliphatic carbocycles. The molecule has 0 bridgehead atoms. The van der Waals surface area contributed by atoms with E-state index in [1.807, 2.05) is 31.2 Å². The molecule has 0 unspecified atom stereocenters. The van der Waals surface area contributed by atoms with Crippen LogP contribution in [0.15, 0.2) is 30.3 Å². The molecule has 4 heteroatoms. The van der Waals surface area contributed by atoms with Gasteiger partial charge in [-0.1, -0.05) is 12.1 Å². The van der Waals surface area contributed by atoms with E-state index in [2.05, 4.69) is 0 Å². The smallest absolute Gasteiger partial charge is 0.246 e. The topological polar surface area (TPSA) is 55.6 Å². The van der Waals surface area contributed by atoms with Crippen LogP contribution in [0.3, 0.4) is 0 Å². The highest BCUT2D eigenvalue weighted by atomic mass is 16.5. The van der Waals surface area contributed by atoms with E-state index in [0.717, 1.165) is 5.56 Å². The van der Waals surface area contributed by atoms with Crippen LogP contribution in [0.25, 0.3) is 6.08 Å². The minimum absolute atomic E-state index is 0.0356. The maximum atomic E-state index is 11.7. The van der Waals surface area contributed by atoms with E-state index < -0.39 is 0 Å². The van der Waals surface area contributed by atoms with Crippen molar-refractivity contribution in [2.45, 2.75) is 6.92 Å². The molecule has 0 saturated heterocycles. The van der Waals surface area contributed by atoms with E-state index in [0.29, 0.717) is 25.4 Å². The summed E-state index contributed by atoms with van der Waals surface area (Å²) in [6.45, 7) is 3.76. The van der Waals surface area contributed by atoms with Crippen LogP contribution in [-0.2, 0) is 9.53 Å². The summed E-state index contributed by atoms with van der Waals surface area (Å²) in [5, 5.41) is 0. The van der Waals surface area contributed by atoms with Crippen molar-refractivity contribution in [1.29, 1.82) is 0 Å². The fraction of sp³-hybridized carbons (Fsp3) is 0.357. The lowest BCUT2D eigenvalue weighted by Gasteiger charge is -2.14. The number of amides is 1. The third-order valence-electron chi connectivity index (χ3n) is 2.51. The lowest BCUT2D eigenvalue weighted by Crippen LogP contribution is -2.28. The van der Waals surface area contributed by atoms with Crippen LogP contribution in [0.1, 0.15) is 12.5 Å². The van der Waals surface area contributed by atoms with Crippen molar-refractivity contribution >= 4 is 17.7 Å². The Labute approximate surface area is 108 Å². The molecular formula is C14H20N2O2. The summed E-state index contributed by atoms with van der Waals surface area (Å²) >= 11 is 0. The second-order valence-electron chi connectivity index (χ2n) is 3.96. The van der Waals surface area contributed by atoms with Crippen molar-refractivity contribution in [1.82, 2.24) is 4.90 Å². The SMILES string of the molecule is CCOCCN(C)C(=O)/C=C/c1ccc(N)cc1. The van der Waals surface area contributed by atoms with Crippen LogP contribution in [0.5, 0.6) is 0 Å². The molecule has 1 amide bonds. The van der Waals surface area contributed by atoms with Gasteiger partial charge < -0.3 is 15.4 Å². The molecule has 0 radical (unpaired) electrons. The average Bonchev–Trinajstić information content (AvgIpc) is 2.38. The summed E-state index contributed by atoms with van der Waals surface area (Å²) in [6.07, 6.45) is 3.33. The first-order chi connectivity index (χ1) is 8.63. The zero-order valence-electron chi connectivity index (χ0n) is 10.9. The summed E-state index contributed by atoms with van der Waals surface area (Å²) in [4.78, 5) is 13.4. The van der Waals surface area contributed by atoms with Crippen molar-refractivity contribution in [3.05, 3.63) is 35.9 Å². The Balaban J connectivity index is 2.45. The van der Waals surface area contributed by atoms with Gasteiger partial charge in [-0.15, -0.1) is 0 Å². The predicted octanol–water partition coefficient (Wildman–Crippen LogP) is 1.78. The van der Waals surface area contributed by atoms with Gasteiger partial charge >= 0.3 is 0 Å². The largest absolute Gasteiger partial charge is 0.399 e. The summed E-state index contributed by atoms with van der Waals surface area (Å²) in [7, 11) is 1.76. The molecule has 0 saturated carbocycles. The number of ether oxygens (including phenoxy) is 1. The number of likely N-dealkylation sites (N-methyl/N-ethyl adjacent to an activating group) is 1. The van der Waals surface area contributed by atoms with Gasteiger partial charge in [0.1, 0.15) is 0 Å². The Kier molecular flexibility index (Phi) is 5.94. The number of benzene rings is 1. The Morgan fingerprint density at radius 2 is 2.06 bits per heavy atom. The third-order valence-corrected chi connectivity index (χ3v) is 2.51. The number of hydrogen-bond donors (Lipinski definition) is 1. The molecule has 0 aliphatic heterocycles. The third kappa shape index (κ3) is 5.01. The van der Waals surface area contributed by atoms with Crippen LogP contribution in [0.4, 0.5) is 5.69 Å². The molecule has 0 heterocycles. The first-order valence-electron chi connectivity index (χ1n) is 6.00. The van der Waals surface area contributed by atoms with Gasteiger partial charge in [0.25, 0.3) is 0 Å². The van der Waals surface area contributed by atoms with E-state index in [9.17, 15) is 4.79 Å². The van der Waals surface area contributed by atoms with E-state index >= 15 is 0 Å². The zero-order chi connectivity index (χ0) is 13.4. The maximum Gasteiger partial charge on any atom is 0.246 e. The van der Waals surface area contributed by atoms with Crippen molar-refractivity contribution in [2.75, 3.05) is 32.5 Å². The minimum Gasteiger partial charge on any atom is -0.399 e. The highest BCUT2D eigenvalue weighted by Crippen LogP contribution is 2.07. The quantitative estimate of drug-likeness (QED) is 0.474. The number of rotatable bonds is 6. The molecule has 18 heavy (non-hydrogen) atoms. The second-order valence-corrected chi connectivity index (χ2v) is 3.96. The van der Waals surface area contributed by atoms with Crippen LogP contribution in [0, 0.1) is 0 Å². The van der Waals surface area contributed by atoms with Crippen molar-refractivity contribution in [3.8, 4) is 0 Å². The highest BCUT2D eigenvalue weighted by Gasteiger charge is 2.03. The van der Waals surface area contributed by atoms with Crippen LogP contribution >= 0.6 is 0 Å². The van der Waals surface area contributed by atoms with Crippen molar-refractivity contribution in [3.63, 3.8) is 0 Å². The van der Waals surface area contributed by atoms with Gasteiger partial charge in [0.15, 0.2) is 0 Å². The number of carbonyl (C=O) groups excluding carboxylic acids is 1. The first kappa shape index (κ1) is 14.3. The summed E-state index contributed by atoms with van der Waals surface area (Å²) < 4.78 is 5.20. The lowest BCUT2D eigenvalue weighted by molar-refractivity contribution is -0.125. The molecule has 1 aromatic rings. The number of hydrogen-bond acceptors (Lipinski definition) is 3. The van der Waals surface area contributed by atoms with E-state index in [1.54, 1.807) is 24.1 Å². The molecule has 0 aliphatic rings. The van der Waals surface area contributed by atoms with Gasteiger partial charge in [0.2, 0.25) is 5.91 Å². The highest BCUT2D eigenvalue weighted by molar-refractivity contribution is 5.91. The Hall–Kier alpha value is -1.81. The second kappa shape index (κ2) is 7.50. The van der Waals surface area contributed by atoms with E-state index in [-0.39, 0.29) is 5.91 Å². The van der Waals surface area contributed by atoms with E-state index in [4.69, 9.17) is 10.5 Å². The molecule has 4 nitrogen and oxygen atoms in total. The monoisotopic (exact) mass is 248 g/mol. The van der Waals surface area contributed by atoms with Gasteiger partial charge in [-0.25, -0.2) is 0 Å². The van der Waals surface area contributed by atoms with Crippen molar-refractivity contribution < 1.29 is 9.53 Å². The molecule has 0 spiro atoms. The number of carbonyl (C=O) groups is 1. The molecule has 98 valence electrons. The normalized spacial score (nSPS) is 10.8. The van der Waals surface area contributed by atoms with Gasteiger partial charge in [-0.05, 0) is 30.7 Å². The number of nitrogens with two attached hydrogens (primary N) is 1. The molecule has 0 fully saturated rings. The fourth-order valence-corrected chi connectivity index (χ4v) is 1.36. The zero-order valence-corrected chi connectivity index (χ0v) is 10.9. The summed E-state index contributed by atoms with van der Waals surface area (Å²) in [5.74, 6) is -0.0356. The lowest BCUT2D eigenvalue weighted by atomic mass is 10.2. The Morgan fingerprint density at radius 1 is 1.39 bits per heavy atom.